The number of ether oxygens (including phenoxy) is 1. The molecule has 2 aromatic carbocycles. The van der Waals surface area contributed by atoms with Gasteiger partial charge in [0.15, 0.2) is 0 Å². The highest BCUT2D eigenvalue weighted by Gasteiger charge is 2.14. The summed E-state index contributed by atoms with van der Waals surface area (Å²) in [5.74, 6) is 1.49. The summed E-state index contributed by atoms with van der Waals surface area (Å²) in [6.07, 6.45) is 7.55. The van der Waals surface area contributed by atoms with Gasteiger partial charge < -0.3 is 20.1 Å². The van der Waals surface area contributed by atoms with Crippen LogP contribution in [-0.2, 0) is 4.79 Å². The standard InChI is InChI=1S/C17H15BrClN3O2.C5H10.CH2O2/c1-9(2)23-15-6-4-10(8-13(15)19)16-21-17(24-22-16)11-3-5-14(20)12(18)7-11;1-2-4-5-3-1;2-1-3/h3-9H,20H2,1-2H3;1-5H2;1H,(H,2,3). The highest BCUT2D eigenvalue weighted by Crippen LogP contribution is 2.32. The van der Waals surface area contributed by atoms with Crippen molar-refractivity contribution < 1.29 is 19.2 Å². The summed E-state index contributed by atoms with van der Waals surface area (Å²) in [6.45, 7) is 3.64. The second kappa shape index (κ2) is 13.1. The van der Waals surface area contributed by atoms with Crippen molar-refractivity contribution in [3.63, 3.8) is 0 Å². The van der Waals surface area contributed by atoms with Gasteiger partial charge >= 0.3 is 0 Å². The van der Waals surface area contributed by atoms with E-state index in [9.17, 15) is 0 Å². The van der Waals surface area contributed by atoms with Crippen LogP contribution in [0.3, 0.4) is 0 Å². The van der Waals surface area contributed by atoms with E-state index in [1.807, 2.05) is 32.0 Å². The number of nitrogens with zero attached hydrogens (tertiary/aromatic N) is 2. The van der Waals surface area contributed by atoms with Crippen LogP contribution in [0.2, 0.25) is 5.02 Å². The maximum atomic E-state index is 8.36. The second-order valence-electron chi connectivity index (χ2n) is 7.34. The average Bonchev–Trinajstić information content (AvgIpc) is 3.47. The van der Waals surface area contributed by atoms with Gasteiger partial charge in [-0.1, -0.05) is 48.9 Å². The van der Waals surface area contributed by atoms with Crippen molar-refractivity contribution in [1.82, 2.24) is 10.1 Å². The van der Waals surface area contributed by atoms with Crippen molar-refractivity contribution in [3.05, 3.63) is 45.9 Å². The van der Waals surface area contributed by atoms with Crippen LogP contribution in [0.5, 0.6) is 5.75 Å². The SMILES string of the molecule is C1CCCC1.CC(C)Oc1ccc(-c2noc(-c3ccc(N)c(Br)c3)n2)cc1Cl.O=CO. The van der Waals surface area contributed by atoms with E-state index in [1.54, 1.807) is 18.2 Å². The molecule has 1 aliphatic carbocycles. The molecule has 0 spiro atoms. The zero-order chi connectivity index (χ0) is 23.5. The van der Waals surface area contributed by atoms with Gasteiger partial charge in [0.05, 0.1) is 11.1 Å². The molecule has 1 saturated carbocycles. The van der Waals surface area contributed by atoms with Crippen LogP contribution in [0.4, 0.5) is 5.69 Å². The largest absolute Gasteiger partial charge is 0.489 e. The second-order valence-corrected chi connectivity index (χ2v) is 8.61. The zero-order valence-corrected chi connectivity index (χ0v) is 20.4. The van der Waals surface area contributed by atoms with E-state index in [1.165, 1.54) is 32.1 Å². The van der Waals surface area contributed by atoms with Crippen molar-refractivity contribution in [3.8, 4) is 28.6 Å². The van der Waals surface area contributed by atoms with Crippen LogP contribution in [-0.4, -0.2) is 27.8 Å². The Labute approximate surface area is 201 Å². The predicted octanol–water partition coefficient (Wildman–Crippen LogP) is 6.84. The number of aromatic nitrogens is 2. The lowest BCUT2D eigenvalue weighted by molar-refractivity contribution is -0.122. The number of anilines is 1. The normalized spacial score (nSPS) is 12.4. The fourth-order valence-electron chi connectivity index (χ4n) is 2.99. The third-order valence-corrected chi connectivity index (χ3v) is 5.46. The highest BCUT2D eigenvalue weighted by atomic mass is 79.9. The van der Waals surface area contributed by atoms with Crippen molar-refractivity contribution in [2.24, 2.45) is 0 Å². The Balaban J connectivity index is 0.000000385. The first-order valence-electron chi connectivity index (χ1n) is 10.3. The van der Waals surface area contributed by atoms with Gasteiger partial charge in [-0.05, 0) is 66.2 Å². The van der Waals surface area contributed by atoms with Crippen LogP contribution in [0.15, 0.2) is 45.4 Å². The third kappa shape index (κ3) is 7.84. The van der Waals surface area contributed by atoms with Crippen molar-refractivity contribution in [2.45, 2.75) is 52.1 Å². The number of carbonyl (C=O) groups is 1. The third-order valence-electron chi connectivity index (χ3n) is 4.48. The van der Waals surface area contributed by atoms with E-state index in [2.05, 4.69) is 26.1 Å². The fourth-order valence-corrected chi connectivity index (χ4v) is 3.60. The number of hydrogen-bond acceptors (Lipinski definition) is 6. The molecule has 3 N–H and O–H groups in total. The molecule has 9 heteroatoms. The molecule has 0 aliphatic heterocycles. The summed E-state index contributed by atoms with van der Waals surface area (Å²) >= 11 is 9.64. The number of nitrogens with two attached hydrogens (primary N) is 1. The lowest BCUT2D eigenvalue weighted by atomic mass is 10.2. The minimum atomic E-state index is -0.250. The van der Waals surface area contributed by atoms with E-state index < -0.39 is 0 Å². The van der Waals surface area contributed by atoms with E-state index in [0.29, 0.717) is 28.2 Å². The van der Waals surface area contributed by atoms with Gasteiger partial charge in [-0.2, -0.15) is 4.98 Å². The topological polar surface area (TPSA) is 111 Å². The van der Waals surface area contributed by atoms with Gasteiger partial charge in [-0.3, -0.25) is 4.79 Å². The Hall–Kier alpha value is -2.58. The predicted molar refractivity (Wildman–Crippen MR) is 130 cm³/mol. The first kappa shape index (κ1) is 25.7. The lowest BCUT2D eigenvalue weighted by Gasteiger charge is -2.11. The zero-order valence-electron chi connectivity index (χ0n) is 18.1. The Kier molecular flexibility index (Phi) is 10.5. The summed E-state index contributed by atoms with van der Waals surface area (Å²) in [5.41, 5.74) is 7.96. The molecule has 0 radical (unpaired) electrons. The quantitative estimate of drug-likeness (QED) is 0.284. The molecular weight excluding hydrogens is 498 g/mol. The smallest absolute Gasteiger partial charge is 0.290 e. The molecule has 1 heterocycles. The molecule has 172 valence electrons. The molecule has 0 amide bonds. The summed E-state index contributed by atoms with van der Waals surface area (Å²) in [5, 5.41) is 11.4. The first-order chi connectivity index (χ1) is 15.3. The Bertz CT molecular complexity index is 999. The monoisotopic (exact) mass is 523 g/mol. The molecule has 1 aliphatic rings. The maximum absolute atomic E-state index is 8.36. The molecule has 3 aromatic rings. The number of carboxylic acid groups (broad SMARTS) is 1. The number of benzene rings is 2. The molecule has 1 aromatic heterocycles. The summed E-state index contributed by atoms with van der Waals surface area (Å²) in [6, 6.07) is 10.8. The molecule has 4 rings (SSSR count). The molecule has 32 heavy (non-hydrogen) atoms. The van der Waals surface area contributed by atoms with Crippen LogP contribution >= 0.6 is 27.5 Å². The summed E-state index contributed by atoms with van der Waals surface area (Å²) < 4.78 is 11.7. The van der Waals surface area contributed by atoms with Crippen LogP contribution in [0.25, 0.3) is 22.8 Å². The number of rotatable bonds is 4. The lowest BCUT2D eigenvalue weighted by Crippen LogP contribution is -2.05. The van der Waals surface area contributed by atoms with Crippen LogP contribution < -0.4 is 10.5 Å². The molecule has 1 fully saturated rings. The van der Waals surface area contributed by atoms with Gasteiger partial charge in [0, 0.05) is 21.3 Å². The minimum Gasteiger partial charge on any atom is -0.489 e. The molecule has 0 bridgehead atoms. The molecule has 0 atom stereocenters. The Morgan fingerprint density at radius 1 is 1.12 bits per heavy atom. The maximum Gasteiger partial charge on any atom is 0.290 e. The summed E-state index contributed by atoms with van der Waals surface area (Å²) in [4.78, 5) is 12.8. The van der Waals surface area contributed by atoms with Gasteiger partial charge in [0.25, 0.3) is 12.4 Å². The molecule has 7 nitrogen and oxygen atoms in total. The number of halogens is 2. The first-order valence-corrected chi connectivity index (χ1v) is 11.5. The highest BCUT2D eigenvalue weighted by molar-refractivity contribution is 9.10. The van der Waals surface area contributed by atoms with Gasteiger partial charge in [-0.25, -0.2) is 0 Å². The van der Waals surface area contributed by atoms with Gasteiger partial charge in [0.1, 0.15) is 5.75 Å². The van der Waals surface area contributed by atoms with Gasteiger partial charge in [-0.15, -0.1) is 0 Å². The average molecular weight is 525 g/mol. The minimum absolute atomic E-state index is 0.0501. The molecular formula is C23H27BrClN3O4. The van der Waals surface area contributed by atoms with E-state index in [0.717, 1.165) is 15.6 Å². The Morgan fingerprint density at radius 3 is 2.25 bits per heavy atom. The fraction of sp³-hybridized carbons (Fsp3) is 0.348. The summed E-state index contributed by atoms with van der Waals surface area (Å²) in [7, 11) is 0. The van der Waals surface area contributed by atoms with E-state index in [4.69, 9.17) is 36.5 Å². The molecule has 0 unspecified atom stereocenters. The van der Waals surface area contributed by atoms with E-state index in [-0.39, 0.29) is 12.6 Å². The molecule has 0 saturated heterocycles. The Morgan fingerprint density at radius 2 is 1.72 bits per heavy atom. The number of nitrogen functional groups attached to an aromatic ring is 1. The van der Waals surface area contributed by atoms with Crippen LogP contribution in [0, 0.1) is 0 Å². The number of hydrogen-bond donors (Lipinski definition) is 2. The van der Waals surface area contributed by atoms with Crippen LogP contribution in [0.1, 0.15) is 46.0 Å². The van der Waals surface area contributed by atoms with Crippen molar-refractivity contribution in [1.29, 1.82) is 0 Å². The van der Waals surface area contributed by atoms with Crippen molar-refractivity contribution in [2.75, 3.05) is 5.73 Å². The van der Waals surface area contributed by atoms with Gasteiger partial charge in [0.2, 0.25) is 5.82 Å². The van der Waals surface area contributed by atoms with Crippen molar-refractivity contribution >= 4 is 39.7 Å². The van der Waals surface area contributed by atoms with E-state index >= 15 is 0 Å².